The van der Waals surface area contributed by atoms with Gasteiger partial charge in [0, 0.05) is 13.1 Å². The van der Waals surface area contributed by atoms with E-state index in [-0.39, 0.29) is 0 Å². The van der Waals surface area contributed by atoms with Gasteiger partial charge in [0.1, 0.15) is 5.82 Å². The second-order valence-electron chi connectivity index (χ2n) is 6.15. The number of fused-ring (bicyclic) bond motifs is 2. The van der Waals surface area contributed by atoms with Crippen LogP contribution in [0.25, 0.3) is 17.1 Å². The van der Waals surface area contributed by atoms with E-state index >= 15 is 0 Å². The number of hydrogen-bond acceptors (Lipinski definition) is 3. The molecule has 0 spiro atoms. The highest BCUT2D eigenvalue weighted by atomic mass is 35.5. The van der Waals surface area contributed by atoms with Gasteiger partial charge in [0.15, 0.2) is 5.75 Å². The first kappa shape index (κ1) is 18.0. The van der Waals surface area contributed by atoms with Gasteiger partial charge < -0.3 is 14.2 Å². The van der Waals surface area contributed by atoms with Crippen LogP contribution in [0, 0.1) is 0 Å². The highest BCUT2D eigenvalue weighted by molar-refractivity contribution is 6.42. The SMILES string of the molecule is CCN1/C(=C/C=C/c2nc3cc(Cl)c(Cl)cc3n2CC)Oc2ccccc21. The summed E-state index contributed by atoms with van der Waals surface area (Å²) in [5.41, 5.74) is 2.89. The first-order valence-electron chi connectivity index (χ1n) is 8.90. The van der Waals surface area contributed by atoms with Crippen LogP contribution < -0.4 is 9.64 Å². The second-order valence-corrected chi connectivity index (χ2v) is 6.96. The van der Waals surface area contributed by atoms with Crippen molar-refractivity contribution in [3.8, 4) is 5.75 Å². The van der Waals surface area contributed by atoms with Gasteiger partial charge in [-0.15, -0.1) is 0 Å². The first-order valence-corrected chi connectivity index (χ1v) is 9.66. The molecule has 2 aromatic carbocycles. The molecule has 27 heavy (non-hydrogen) atoms. The number of ether oxygens (including phenoxy) is 1. The number of halogens is 2. The Labute approximate surface area is 168 Å². The summed E-state index contributed by atoms with van der Waals surface area (Å²) in [4.78, 5) is 6.82. The summed E-state index contributed by atoms with van der Waals surface area (Å²) in [6.07, 6.45) is 5.89. The quantitative estimate of drug-likeness (QED) is 0.527. The van der Waals surface area contributed by atoms with Gasteiger partial charge in [0.05, 0.1) is 26.8 Å². The lowest BCUT2D eigenvalue weighted by Gasteiger charge is -2.14. The molecule has 4 rings (SSSR count). The number of rotatable bonds is 4. The monoisotopic (exact) mass is 399 g/mol. The third-order valence-electron chi connectivity index (χ3n) is 4.57. The maximum Gasteiger partial charge on any atom is 0.200 e. The topological polar surface area (TPSA) is 30.3 Å². The summed E-state index contributed by atoms with van der Waals surface area (Å²) in [6.45, 7) is 5.80. The molecular weight excluding hydrogens is 381 g/mol. The van der Waals surface area contributed by atoms with Crippen LogP contribution in [0.5, 0.6) is 5.75 Å². The fourth-order valence-electron chi connectivity index (χ4n) is 3.32. The molecule has 0 fully saturated rings. The van der Waals surface area contributed by atoms with E-state index in [0.717, 1.165) is 47.3 Å². The molecule has 0 atom stereocenters. The van der Waals surface area contributed by atoms with E-state index in [4.69, 9.17) is 27.9 Å². The van der Waals surface area contributed by atoms with Crippen molar-refractivity contribution in [2.45, 2.75) is 20.4 Å². The van der Waals surface area contributed by atoms with Gasteiger partial charge in [-0.1, -0.05) is 41.4 Å². The van der Waals surface area contributed by atoms with Gasteiger partial charge in [-0.25, -0.2) is 4.98 Å². The summed E-state index contributed by atoms with van der Waals surface area (Å²) >= 11 is 12.3. The van der Waals surface area contributed by atoms with Gasteiger partial charge in [-0.3, -0.25) is 0 Å². The number of allylic oxidation sites excluding steroid dienone is 2. The van der Waals surface area contributed by atoms with Crippen molar-refractivity contribution in [2.75, 3.05) is 11.4 Å². The van der Waals surface area contributed by atoms with E-state index in [0.29, 0.717) is 10.0 Å². The molecule has 1 aliphatic rings. The number of benzene rings is 2. The molecule has 138 valence electrons. The van der Waals surface area contributed by atoms with E-state index in [2.05, 4.69) is 34.4 Å². The minimum atomic E-state index is 0.512. The Balaban J connectivity index is 1.67. The second kappa shape index (κ2) is 7.29. The number of imidazole rings is 1. The van der Waals surface area contributed by atoms with Crippen LogP contribution in [0.3, 0.4) is 0 Å². The molecule has 6 heteroatoms. The van der Waals surface area contributed by atoms with E-state index in [1.54, 1.807) is 6.07 Å². The lowest BCUT2D eigenvalue weighted by atomic mass is 10.3. The van der Waals surface area contributed by atoms with Crippen molar-refractivity contribution in [1.29, 1.82) is 0 Å². The standard InChI is InChI=1S/C21H19Cl2N3O/c1-3-25-18-13-15(23)14(22)12-16(18)24-20(25)10-7-11-21-26(4-2)17-8-5-6-9-19(17)27-21/h5-13H,3-4H2,1-2H3/b10-7+,21-11-. The third kappa shape index (κ3) is 3.20. The minimum Gasteiger partial charge on any atom is -0.439 e. The Morgan fingerprint density at radius 3 is 2.63 bits per heavy atom. The molecule has 0 amide bonds. The van der Waals surface area contributed by atoms with E-state index in [1.165, 1.54) is 0 Å². The minimum absolute atomic E-state index is 0.512. The molecule has 1 aliphatic heterocycles. The fourth-order valence-corrected chi connectivity index (χ4v) is 3.63. The number of para-hydroxylation sites is 2. The number of aryl methyl sites for hydroxylation is 1. The zero-order valence-corrected chi connectivity index (χ0v) is 16.6. The molecule has 4 nitrogen and oxygen atoms in total. The molecule has 0 radical (unpaired) electrons. The van der Waals surface area contributed by atoms with Crippen molar-refractivity contribution in [2.24, 2.45) is 0 Å². The maximum absolute atomic E-state index is 6.17. The molecule has 0 saturated heterocycles. The van der Waals surface area contributed by atoms with Crippen LogP contribution in [0.2, 0.25) is 10.0 Å². The summed E-state index contributed by atoms with van der Waals surface area (Å²) < 4.78 is 8.07. The zero-order chi connectivity index (χ0) is 19.0. The Morgan fingerprint density at radius 2 is 1.85 bits per heavy atom. The highest BCUT2D eigenvalue weighted by Crippen LogP contribution is 2.38. The van der Waals surface area contributed by atoms with Gasteiger partial charge >= 0.3 is 0 Å². The largest absolute Gasteiger partial charge is 0.439 e. The Kier molecular flexibility index (Phi) is 4.85. The Bertz CT molecular complexity index is 1070. The predicted octanol–water partition coefficient (Wildman–Crippen LogP) is 6.14. The smallest absolute Gasteiger partial charge is 0.200 e. The molecule has 1 aromatic heterocycles. The molecule has 0 unspecified atom stereocenters. The van der Waals surface area contributed by atoms with Crippen LogP contribution >= 0.6 is 23.2 Å². The Morgan fingerprint density at radius 1 is 1.07 bits per heavy atom. The molecule has 0 saturated carbocycles. The van der Waals surface area contributed by atoms with Crippen molar-refractivity contribution in [3.63, 3.8) is 0 Å². The average Bonchev–Trinajstić information content (AvgIpc) is 3.19. The number of aromatic nitrogens is 2. The van der Waals surface area contributed by atoms with Crippen LogP contribution in [0.15, 0.2) is 54.4 Å². The number of nitrogens with zero attached hydrogens (tertiary/aromatic N) is 3. The first-order chi connectivity index (χ1) is 13.1. The van der Waals surface area contributed by atoms with E-state index in [1.807, 2.05) is 42.5 Å². The lowest BCUT2D eigenvalue weighted by Crippen LogP contribution is -2.18. The van der Waals surface area contributed by atoms with E-state index < -0.39 is 0 Å². The number of anilines is 1. The normalized spacial score (nSPS) is 15.1. The average molecular weight is 400 g/mol. The summed E-state index contributed by atoms with van der Waals surface area (Å²) in [7, 11) is 0. The lowest BCUT2D eigenvalue weighted by molar-refractivity contribution is 0.440. The van der Waals surface area contributed by atoms with Crippen molar-refractivity contribution >= 4 is 46.0 Å². The summed E-state index contributed by atoms with van der Waals surface area (Å²) in [5.74, 6) is 2.53. The third-order valence-corrected chi connectivity index (χ3v) is 5.30. The molecule has 0 aliphatic carbocycles. The summed E-state index contributed by atoms with van der Waals surface area (Å²) in [6, 6.07) is 11.7. The van der Waals surface area contributed by atoms with Crippen LogP contribution in [-0.2, 0) is 6.54 Å². The number of hydrogen-bond donors (Lipinski definition) is 0. The van der Waals surface area contributed by atoms with Crippen molar-refractivity contribution in [1.82, 2.24) is 9.55 Å². The van der Waals surface area contributed by atoms with Crippen molar-refractivity contribution in [3.05, 3.63) is 70.3 Å². The fraction of sp³-hybridized carbons (Fsp3) is 0.190. The molecular formula is C21H19Cl2N3O. The molecule has 0 bridgehead atoms. The zero-order valence-electron chi connectivity index (χ0n) is 15.1. The molecule has 2 heterocycles. The molecule has 0 N–H and O–H groups in total. The highest BCUT2D eigenvalue weighted by Gasteiger charge is 2.23. The van der Waals surface area contributed by atoms with Gasteiger partial charge in [-0.05, 0) is 50.3 Å². The van der Waals surface area contributed by atoms with Gasteiger partial charge in [0.2, 0.25) is 5.88 Å². The Hall–Kier alpha value is -2.43. The van der Waals surface area contributed by atoms with Crippen LogP contribution in [0.4, 0.5) is 5.69 Å². The van der Waals surface area contributed by atoms with E-state index in [9.17, 15) is 0 Å². The van der Waals surface area contributed by atoms with Gasteiger partial charge in [0.25, 0.3) is 0 Å². The van der Waals surface area contributed by atoms with Gasteiger partial charge in [-0.2, -0.15) is 0 Å². The maximum atomic E-state index is 6.17. The van der Waals surface area contributed by atoms with Crippen LogP contribution in [0.1, 0.15) is 19.7 Å². The van der Waals surface area contributed by atoms with Crippen molar-refractivity contribution < 1.29 is 4.74 Å². The predicted molar refractivity (Wildman–Crippen MR) is 113 cm³/mol. The molecule has 3 aromatic rings. The summed E-state index contributed by atoms with van der Waals surface area (Å²) in [5, 5.41) is 1.05. The van der Waals surface area contributed by atoms with Crippen LogP contribution in [-0.4, -0.2) is 16.1 Å².